The Kier molecular flexibility index (Phi) is 3.31. The minimum absolute atomic E-state index is 0.0350. The minimum atomic E-state index is -0.413. The van der Waals surface area contributed by atoms with Crippen LogP contribution in [0.2, 0.25) is 0 Å². The maximum atomic E-state index is 11.1. The Morgan fingerprint density at radius 1 is 1.47 bits per heavy atom. The van der Waals surface area contributed by atoms with Crippen LogP contribution in [0.3, 0.4) is 0 Å². The third kappa shape index (κ3) is 2.56. The molecular weight excluding hydrogens is 236 g/mol. The van der Waals surface area contributed by atoms with Crippen LogP contribution in [-0.2, 0) is 5.41 Å². The van der Waals surface area contributed by atoms with Gasteiger partial charge in [-0.2, -0.15) is 12.6 Å². The molecule has 0 amide bonds. The van der Waals surface area contributed by atoms with Crippen molar-refractivity contribution in [3.63, 3.8) is 0 Å². The molecule has 0 saturated heterocycles. The van der Waals surface area contributed by atoms with E-state index in [1.165, 1.54) is 0 Å². The van der Waals surface area contributed by atoms with Crippen LogP contribution in [0.4, 0.5) is 0 Å². The van der Waals surface area contributed by atoms with Crippen molar-refractivity contribution in [1.82, 2.24) is 10.3 Å². The summed E-state index contributed by atoms with van der Waals surface area (Å²) < 4.78 is 5.06. The standard InChI is InChI=1S/C12H16N2O2S/c1-12(2,6-13-7-17)8-3-4-9-10(5-8)16-11(15)14-9/h3-5,13,17H,6-7H2,1-2H3,(H,14,15). The van der Waals surface area contributed by atoms with Gasteiger partial charge in [-0.05, 0) is 17.7 Å². The van der Waals surface area contributed by atoms with Crippen molar-refractivity contribution in [2.75, 3.05) is 12.4 Å². The number of H-pyrrole nitrogens is 1. The summed E-state index contributed by atoms with van der Waals surface area (Å²) in [4.78, 5) is 13.7. The van der Waals surface area contributed by atoms with Crippen molar-refractivity contribution in [3.8, 4) is 0 Å². The highest BCUT2D eigenvalue weighted by Gasteiger charge is 2.20. The number of fused-ring (bicyclic) bond motifs is 1. The summed E-state index contributed by atoms with van der Waals surface area (Å²) in [5.41, 5.74) is 2.43. The van der Waals surface area contributed by atoms with Crippen molar-refractivity contribution >= 4 is 23.7 Å². The van der Waals surface area contributed by atoms with Crippen LogP contribution in [0.1, 0.15) is 19.4 Å². The highest BCUT2D eigenvalue weighted by molar-refractivity contribution is 7.80. The Morgan fingerprint density at radius 3 is 2.94 bits per heavy atom. The lowest BCUT2D eigenvalue weighted by Crippen LogP contribution is -2.32. The molecule has 1 aromatic carbocycles. The summed E-state index contributed by atoms with van der Waals surface area (Å²) in [5.74, 6) is 0.230. The first-order valence-corrected chi connectivity index (χ1v) is 6.11. The Bertz CT molecular complexity index is 571. The van der Waals surface area contributed by atoms with Crippen LogP contribution in [0, 0.1) is 0 Å². The molecule has 2 N–H and O–H groups in total. The summed E-state index contributed by atoms with van der Waals surface area (Å²) >= 11 is 4.13. The quantitative estimate of drug-likeness (QED) is 0.575. The summed E-state index contributed by atoms with van der Waals surface area (Å²) in [6, 6.07) is 5.79. The fourth-order valence-electron chi connectivity index (χ4n) is 1.84. The smallest absolute Gasteiger partial charge is 0.408 e. The van der Waals surface area contributed by atoms with Crippen LogP contribution >= 0.6 is 12.6 Å². The van der Waals surface area contributed by atoms with Gasteiger partial charge in [-0.25, -0.2) is 4.79 Å². The number of rotatable bonds is 4. The molecule has 92 valence electrons. The van der Waals surface area contributed by atoms with Gasteiger partial charge in [-0.3, -0.25) is 4.98 Å². The zero-order valence-electron chi connectivity index (χ0n) is 9.91. The Morgan fingerprint density at radius 2 is 2.24 bits per heavy atom. The van der Waals surface area contributed by atoms with Crippen molar-refractivity contribution in [2.45, 2.75) is 19.3 Å². The lowest BCUT2D eigenvalue weighted by molar-refractivity contribution is 0.489. The molecular formula is C12H16N2O2S. The Hall–Kier alpha value is -1.20. The van der Waals surface area contributed by atoms with E-state index in [1.807, 2.05) is 18.2 Å². The van der Waals surface area contributed by atoms with Gasteiger partial charge in [0.25, 0.3) is 0 Å². The number of aromatic amines is 1. The van der Waals surface area contributed by atoms with E-state index in [1.54, 1.807) is 0 Å². The van der Waals surface area contributed by atoms with Gasteiger partial charge in [0.05, 0.1) is 5.52 Å². The van der Waals surface area contributed by atoms with Gasteiger partial charge in [-0.15, -0.1) is 0 Å². The van der Waals surface area contributed by atoms with E-state index in [2.05, 4.69) is 36.8 Å². The summed E-state index contributed by atoms with van der Waals surface area (Å²) in [6.45, 7) is 5.08. The first-order valence-electron chi connectivity index (χ1n) is 5.48. The maximum absolute atomic E-state index is 11.1. The van der Waals surface area contributed by atoms with Crippen LogP contribution < -0.4 is 11.1 Å². The second kappa shape index (κ2) is 4.58. The molecule has 0 fully saturated rings. The molecule has 1 heterocycles. The van der Waals surface area contributed by atoms with Gasteiger partial charge in [0, 0.05) is 17.8 Å². The molecule has 2 aromatic rings. The highest BCUT2D eigenvalue weighted by atomic mass is 32.1. The molecule has 0 bridgehead atoms. The fourth-order valence-corrected chi connectivity index (χ4v) is 1.95. The van der Waals surface area contributed by atoms with Gasteiger partial charge in [0.1, 0.15) is 0 Å². The summed E-state index contributed by atoms with van der Waals surface area (Å²) in [7, 11) is 0. The minimum Gasteiger partial charge on any atom is -0.408 e. The number of thiol groups is 1. The number of benzene rings is 1. The first-order chi connectivity index (χ1) is 8.03. The average molecular weight is 252 g/mol. The first kappa shape index (κ1) is 12.3. The summed E-state index contributed by atoms with van der Waals surface area (Å²) in [5, 5.41) is 3.20. The number of nitrogens with one attached hydrogen (secondary N) is 2. The predicted octanol–water partition coefficient (Wildman–Crippen LogP) is 1.88. The highest BCUT2D eigenvalue weighted by Crippen LogP contribution is 2.25. The Labute approximate surface area is 105 Å². The fraction of sp³-hybridized carbons (Fsp3) is 0.417. The van der Waals surface area contributed by atoms with E-state index in [0.717, 1.165) is 17.6 Å². The molecule has 0 unspecified atom stereocenters. The van der Waals surface area contributed by atoms with Gasteiger partial charge < -0.3 is 9.73 Å². The average Bonchev–Trinajstić information content (AvgIpc) is 2.65. The van der Waals surface area contributed by atoms with E-state index in [9.17, 15) is 4.79 Å². The topological polar surface area (TPSA) is 58.0 Å². The predicted molar refractivity (Wildman–Crippen MR) is 71.7 cm³/mol. The molecule has 0 aliphatic carbocycles. The van der Waals surface area contributed by atoms with Crippen molar-refractivity contribution < 1.29 is 4.42 Å². The van der Waals surface area contributed by atoms with E-state index in [4.69, 9.17) is 4.42 Å². The number of hydrogen-bond donors (Lipinski definition) is 3. The van der Waals surface area contributed by atoms with E-state index in [-0.39, 0.29) is 5.41 Å². The normalized spacial score (nSPS) is 12.2. The maximum Gasteiger partial charge on any atom is 0.417 e. The van der Waals surface area contributed by atoms with Crippen LogP contribution in [-0.4, -0.2) is 17.4 Å². The molecule has 0 aliphatic heterocycles. The molecule has 2 rings (SSSR count). The second-order valence-electron chi connectivity index (χ2n) is 4.69. The van der Waals surface area contributed by atoms with Crippen LogP contribution in [0.15, 0.2) is 27.4 Å². The third-order valence-electron chi connectivity index (χ3n) is 2.88. The number of aromatic nitrogens is 1. The lowest BCUT2D eigenvalue weighted by atomic mass is 9.84. The molecule has 0 saturated carbocycles. The molecule has 17 heavy (non-hydrogen) atoms. The van der Waals surface area contributed by atoms with E-state index < -0.39 is 5.76 Å². The van der Waals surface area contributed by atoms with E-state index >= 15 is 0 Å². The molecule has 0 aliphatic rings. The largest absolute Gasteiger partial charge is 0.417 e. The molecule has 1 aromatic heterocycles. The van der Waals surface area contributed by atoms with Crippen LogP contribution in [0.5, 0.6) is 0 Å². The van der Waals surface area contributed by atoms with Crippen LogP contribution in [0.25, 0.3) is 11.1 Å². The van der Waals surface area contributed by atoms with Crippen molar-refractivity contribution in [2.24, 2.45) is 0 Å². The van der Waals surface area contributed by atoms with Gasteiger partial charge in [0.15, 0.2) is 5.58 Å². The van der Waals surface area contributed by atoms with Gasteiger partial charge >= 0.3 is 5.76 Å². The number of hydrogen-bond acceptors (Lipinski definition) is 4. The molecule has 5 heteroatoms. The Balaban J connectivity index is 2.37. The second-order valence-corrected chi connectivity index (χ2v) is 5.01. The zero-order chi connectivity index (χ0) is 12.5. The van der Waals surface area contributed by atoms with E-state index in [0.29, 0.717) is 11.5 Å². The number of oxazole rings is 1. The zero-order valence-corrected chi connectivity index (χ0v) is 10.8. The van der Waals surface area contributed by atoms with Crippen molar-refractivity contribution in [3.05, 3.63) is 34.3 Å². The van der Waals surface area contributed by atoms with Crippen molar-refractivity contribution in [1.29, 1.82) is 0 Å². The molecule has 0 spiro atoms. The van der Waals surface area contributed by atoms with Gasteiger partial charge in [-0.1, -0.05) is 19.9 Å². The summed E-state index contributed by atoms with van der Waals surface area (Å²) in [6.07, 6.45) is 0. The molecule has 0 radical (unpaired) electrons. The lowest BCUT2D eigenvalue weighted by Gasteiger charge is -2.25. The van der Waals surface area contributed by atoms with Gasteiger partial charge in [0.2, 0.25) is 0 Å². The molecule has 4 nitrogen and oxygen atoms in total. The monoisotopic (exact) mass is 252 g/mol. The third-order valence-corrected chi connectivity index (χ3v) is 3.10. The SMILES string of the molecule is CC(C)(CNCS)c1ccc2[nH]c(=O)oc2c1. The molecule has 0 atom stereocenters.